The molecule has 0 saturated carbocycles. The fraction of sp³-hybridized carbons (Fsp3) is 0.389. The molecule has 6 nitrogen and oxygen atoms in total. The molecule has 30 heavy (non-hydrogen) atoms. The highest BCUT2D eigenvalue weighted by molar-refractivity contribution is 5.95. The molecule has 0 fully saturated rings. The van der Waals surface area contributed by atoms with Crippen LogP contribution in [-0.4, -0.2) is 33.1 Å². The normalized spacial score (nSPS) is 14.4. The van der Waals surface area contributed by atoms with Crippen molar-refractivity contribution in [3.05, 3.63) is 52.3 Å². The van der Waals surface area contributed by atoms with Crippen LogP contribution in [0.15, 0.2) is 24.4 Å². The maximum Gasteiger partial charge on any atom is 0.416 e. The van der Waals surface area contributed by atoms with Gasteiger partial charge in [-0.15, -0.1) is 0 Å². The van der Waals surface area contributed by atoms with E-state index in [1.54, 1.807) is 4.68 Å². The van der Waals surface area contributed by atoms with Crippen LogP contribution in [0.1, 0.15) is 39.7 Å². The first kappa shape index (κ1) is 21.7. The summed E-state index contributed by atoms with van der Waals surface area (Å²) in [4.78, 5) is 25.1. The first-order valence-electron chi connectivity index (χ1n) is 8.62. The third-order valence-corrected chi connectivity index (χ3v) is 4.52. The number of rotatable bonds is 3. The largest absolute Gasteiger partial charge is 0.445 e. The van der Waals surface area contributed by atoms with Crippen LogP contribution < -0.4 is 0 Å². The molecule has 2 aromatic rings. The number of aromatic nitrogens is 2. The van der Waals surface area contributed by atoms with Gasteiger partial charge in [0.1, 0.15) is 6.61 Å². The minimum Gasteiger partial charge on any atom is -0.445 e. The van der Waals surface area contributed by atoms with Gasteiger partial charge in [-0.2, -0.15) is 31.4 Å². The first-order valence-corrected chi connectivity index (χ1v) is 8.62. The summed E-state index contributed by atoms with van der Waals surface area (Å²) in [5.41, 5.74) is -2.63. The zero-order valence-corrected chi connectivity index (χ0v) is 15.5. The van der Waals surface area contributed by atoms with Crippen molar-refractivity contribution in [2.45, 2.75) is 39.0 Å². The third kappa shape index (κ3) is 4.57. The van der Waals surface area contributed by atoms with Crippen molar-refractivity contribution >= 4 is 11.9 Å². The molecule has 1 aromatic carbocycles. The Labute approximate surface area is 166 Å². The number of hydrogen-bond acceptors (Lipinski definition) is 4. The van der Waals surface area contributed by atoms with E-state index in [4.69, 9.17) is 4.74 Å². The third-order valence-electron chi connectivity index (χ3n) is 4.52. The van der Waals surface area contributed by atoms with Gasteiger partial charge in [0.15, 0.2) is 5.78 Å². The van der Waals surface area contributed by atoms with E-state index in [9.17, 15) is 35.9 Å². The summed E-state index contributed by atoms with van der Waals surface area (Å²) in [6.45, 7) is 0.951. The number of carbonyl (C=O) groups excluding carboxylic acids is 2. The predicted octanol–water partition coefficient (Wildman–Crippen LogP) is 4.28. The number of amides is 1. The number of fused-ring (bicyclic) bond motifs is 1. The molecule has 0 saturated heterocycles. The number of benzene rings is 1. The summed E-state index contributed by atoms with van der Waals surface area (Å²) >= 11 is 0. The van der Waals surface area contributed by atoms with Gasteiger partial charge in [-0.1, -0.05) is 0 Å². The Hall–Kier alpha value is -3.05. The van der Waals surface area contributed by atoms with Crippen LogP contribution in [0.25, 0.3) is 0 Å². The van der Waals surface area contributed by atoms with Crippen LogP contribution in [0.3, 0.4) is 0 Å². The lowest BCUT2D eigenvalue weighted by Gasteiger charge is -2.27. The molecular formula is C18H15F6N3O3. The number of halogens is 6. The highest BCUT2D eigenvalue weighted by Crippen LogP contribution is 2.36. The lowest BCUT2D eigenvalue weighted by atomic mass is 10.1. The van der Waals surface area contributed by atoms with Gasteiger partial charge in [0.25, 0.3) is 0 Å². The number of carbonyl (C=O) groups is 2. The molecule has 3 rings (SSSR count). The average Bonchev–Trinajstić information content (AvgIpc) is 3.08. The molecule has 0 atom stereocenters. The second kappa shape index (κ2) is 7.65. The highest BCUT2D eigenvalue weighted by Gasteiger charge is 2.37. The van der Waals surface area contributed by atoms with E-state index in [-0.39, 0.29) is 31.5 Å². The Kier molecular flexibility index (Phi) is 5.52. The second-order valence-corrected chi connectivity index (χ2v) is 6.67. The van der Waals surface area contributed by atoms with E-state index in [2.05, 4.69) is 5.10 Å². The molecule has 0 unspecified atom stereocenters. The van der Waals surface area contributed by atoms with Gasteiger partial charge in [-0.05, 0) is 30.7 Å². The van der Waals surface area contributed by atoms with Crippen molar-refractivity contribution in [2.24, 2.45) is 0 Å². The molecule has 0 radical (unpaired) electrons. The Balaban J connectivity index is 1.74. The Morgan fingerprint density at radius 1 is 1.03 bits per heavy atom. The van der Waals surface area contributed by atoms with Crippen molar-refractivity contribution in [3.8, 4) is 0 Å². The van der Waals surface area contributed by atoms with Crippen molar-refractivity contribution in [1.82, 2.24) is 14.7 Å². The first-order chi connectivity index (χ1) is 13.9. The number of Topliss-reactive ketones (excluding diaryl/α,β-unsaturated/α-hetero) is 1. The zero-order valence-electron chi connectivity index (χ0n) is 15.5. The molecule has 1 aromatic heterocycles. The molecule has 1 aliphatic rings. The van der Waals surface area contributed by atoms with E-state index < -0.39 is 41.7 Å². The summed E-state index contributed by atoms with van der Waals surface area (Å²) in [5, 5.41) is 4.03. The lowest BCUT2D eigenvalue weighted by Crippen LogP contribution is -2.39. The molecule has 0 aliphatic carbocycles. The Bertz CT molecular complexity index is 948. The number of ether oxygens (including phenoxy) is 1. The smallest absolute Gasteiger partial charge is 0.416 e. The van der Waals surface area contributed by atoms with Gasteiger partial charge < -0.3 is 9.64 Å². The minimum absolute atomic E-state index is 0.000396. The molecule has 1 amide bonds. The summed E-state index contributed by atoms with van der Waals surface area (Å²) in [5.74, 6) is -0.255. The van der Waals surface area contributed by atoms with Crippen molar-refractivity contribution in [3.63, 3.8) is 0 Å². The van der Waals surface area contributed by atoms with E-state index in [0.29, 0.717) is 23.4 Å². The molecule has 2 heterocycles. The summed E-state index contributed by atoms with van der Waals surface area (Å²) in [7, 11) is 0. The predicted molar refractivity (Wildman–Crippen MR) is 89.3 cm³/mol. The van der Waals surface area contributed by atoms with Gasteiger partial charge in [0.2, 0.25) is 0 Å². The van der Waals surface area contributed by atoms with Crippen LogP contribution in [0, 0.1) is 0 Å². The number of nitrogens with zero attached hydrogens (tertiary/aromatic N) is 3. The molecule has 162 valence electrons. The van der Waals surface area contributed by atoms with Crippen LogP contribution in [0.4, 0.5) is 31.1 Å². The Morgan fingerprint density at radius 2 is 1.63 bits per heavy atom. The highest BCUT2D eigenvalue weighted by atomic mass is 19.4. The van der Waals surface area contributed by atoms with Gasteiger partial charge >= 0.3 is 18.4 Å². The van der Waals surface area contributed by atoms with E-state index in [1.807, 2.05) is 0 Å². The van der Waals surface area contributed by atoms with Crippen LogP contribution in [0.2, 0.25) is 0 Å². The average molecular weight is 435 g/mol. The van der Waals surface area contributed by atoms with E-state index >= 15 is 0 Å². The standard InChI is InChI=1S/C18H15F6N3O3/c1-10(28)14-7-25-27-3-2-26(8-15(14)27)16(29)30-9-11-4-12(17(19,20)21)6-13(5-11)18(22,23)24/h4-7H,2-3,8-9H2,1H3. The second-order valence-electron chi connectivity index (χ2n) is 6.67. The molecule has 0 N–H and O–H groups in total. The lowest BCUT2D eigenvalue weighted by molar-refractivity contribution is -0.143. The quantitative estimate of drug-likeness (QED) is 0.534. The van der Waals surface area contributed by atoms with Gasteiger partial charge in [0.05, 0.1) is 41.7 Å². The van der Waals surface area contributed by atoms with Crippen LogP contribution in [0.5, 0.6) is 0 Å². The van der Waals surface area contributed by atoms with Crippen LogP contribution in [-0.2, 0) is 36.8 Å². The summed E-state index contributed by atoms with van der Waals surface area (Å²) in [6.07, 6.45) is -9.54. The molecule has 0 spiro atoms. The minimum atomic E-state index is -4.99. The monoisotopic (exact) mass is 435 g/mol. The number of alkyl halides is 6. The zero-order chi connectivity index (χ0) is 22.3. The molecule has 0 bridgehead atoms. The van der Waals surface area contributed by atoms with Gasteiger partial charge in [-0.3, -0.25) is 9.48 Å². The SMILES string of the molecule is CC(=O)c1cnn2c1CN(C(=O)OCc1cc(C(F)(F)F)cc(C(F)(F)F)c1)CC2. The molecular weight excluding hydrogens is 420 g/mol. The van der Waals surface area contributed by atoms with E-state index in [0.717, 1.165) is 0 Å². The van der Waals surface area contributed by atoms with Gasteiger partial charge in [-0.25, -0.2) is 4.79 Å². The van der Waals surface area contributed by atoms with Crippen LogP contribution >= 0.6 is 0 Å². The van der Waals surface area contributed by atoms with Gasteiger partial charge in [0, 0.05) is 6.54 Å². The summed E-state index contributed by atoms with van der Waals surface area (Å²) in [6, 6.07) is 1.00. The summed E-state index contributed by atoms with van der Waals surface area (Å²) < 4.78 is 84.0. The maximum absolute atomic E-state index is 12.9. The maximum atomic E-state index is 12.9. The van der Waals surface area contributed by atoms with Crippen molar-refractivity contribution in [2.75, 3.05) is 6.54 Å². The fourth-order valence-corrected chi connectivity index (χ4v) is 3.03. The Morgan fingerprint density at radius 3 is 2.17 bits per heavy atom. The van der Waals surface area contributed by atoms with E-state index in [1.165, 1.54) is 18.0 Å². The molecule has 1 aliphatic heterocycles. The molecule has 12 heteroatoms. The van der Waals surface area contributed by atoms with Crippen molar-refractivity contribution in [1.29, 1.82) is 0 Å². The fourth-order valence-electron chi connectivity index (χ4n) is 3.03. The number of ketones is 1. The number of hydrogen-bond donors (Lipinski definition) is 0. The topological polar surface area (TPSA) is 64.4 Å². The van der Waals surface area contributed by atoms with Crippen molar-refractivity contribution < 1.29 is 40.7 Å².